The lowest BCUT2D eigenvalue weighted by molar-refractivity contribution is -0.384. The summed E-state index contributed by atoms with van der Waals surface area (Å²) in [7, 11) is 0. The molecule has 0 radical (unpaired) electrons. The summed E-state index contributed by atoms with van der Waals surface area (Å²) in [5.74, 6) is 0.724. The van der Waals surface area contributed by atoms with E-state index < -0.39 is 4.92 Å². The fourth-order valence-corrected chi connectivity index (χ4v) is 1.68. The zero-order chi connectivity index (χ0) is 13.7. The molecule has 1 heterocycles. The number of nitro benzene ring substituents is 1. The van der Waals surface area contributed by atoms with Gasteiger partial charge < -0.3 is 5.73 Å². The number of aryl methyl sites for hydroxylation is 1. The van der Waals surface area contributed by atoms with Crippen LogP contribution in [0.4, 0.5) is 5.69 Å². The summed E-state index contributed by atoms with van der Waals surface area (Å²) in [5, 5.41) is 22.0. The highest BCUT2D eigenvalue weighted by Crippen LogP contribution is 2.14. The van der Waals surface area contributed by atoms with Crippen molar-refractivity contribution in [1.29, 1.82) is 0 Å². The number of nitrogens with zero attached hydrogens (tertiary/aromatic N) is 5. The van der Waals surface area contributed by atoms with Crippen LogP contribution >= 0.6 is 0 Å². The largest absolute Gasteiger partial charge is 0.330 e. The summed E-state index contributed by atoms with van der Waals surface area (Å²) in [6.45, 7) is 1.25. The predicted molar refractivity (Wildman–Crippen MR) is 67.4 cm³/mol. The molecule has 0 saturated carbocycles. The Morgan fingerprint density at radius 1 is 1.32 bits per heavy atom. The zero-order valence-corrected chi connectivity index (χ0v) is 10.3. The normalized spacial score (nSPS) is 10.6. The minimum atomic E-state index is -0.422. The molecule has 1 aromatic heterocycles. The minimum absolute atomic E-state index is 0.0754. The first-order valence-corrected chi connectivity index (χ1v) is 5.89. The van der Waals surface area contributed by atoms with Gasteiger partial charge in [0, 0.05) is 25.1 Å². The van der Waals surface area contributed by atoms with Crippen molar-refractivity contribution in [2.24, 2.45) is 5.73 Å². The lowest BCUT2D eigenvalue weighted by Gasteiger charge is -2.03. The lowest BCUT2D eigenvalue weighted by atomic mass is 10.1. The van der Waals surface area contributed by atoms with Gasteiger partial charge >= 0.3 is 0 Å². The number of nitro groups is 1. The van der Waals surface area contributed by atoms with Crippen molar-refractivity contribution in [2.45, 2.75) is 19.4 Å². The van der Waals surface area contributed by atoms with Crippen molar-refractivity contribution in [3.05, 3.63) is 45.8 Å². The van der Waals surface area contributed by atoms with Gasteiger partial charge in [-0.15, -0.1) is 5.10 Å². The molecule has 0 spiro atoms. The quantitative estimate of drug-likeness (QED) is 0.599. The Balaban J connectivity index is 2.08. The van der Waals surface area contributed by atoms with Crippen LogP contribution in [0.15, 0.2) is 24.3 Å². The van der Waals surface area contributed by atoms with Crippen LogP contribution in [0.25, 0.3) is 0 Å². The van der Waals surface area contributed by atoms with E-state index in [1.54, 1.807) is 16.8 Å². The summed E-state index contributed by atoms with van der Waals surface area (Å²) in [4.78, 5) is 10.1. The Bertz CT molecular complexity index is 551. The molecule has 19 heavy (non-hydrogen) atoms. The maximum atomic E-state index is 10.6. The third kappa shape index (κ3) is 3.32. The highest BCUT2D eigenvalue weighted by Gasteiger charge is 2.08. The summed E-state index contributed by atoms with van der Waals surface area (Å²) in [5.41, 5.74) is 6.45. The second kappa shape index (κ2) is 6.01. The maximum absolute atomic E-state index is 10.6. The molecule has 0 bridgehead atoms. The molecule has 0 fully saturated rings. The standard InChI is InChI=1S/C11H14N6O2/c12-6-1-7-16-11(13-14-15-16)8-9-2-4-10(5-3-9)17(18)19/h2-5H,1,6-8,12H2. The van der Waals surface area contributed by atoms with Crippen LogP contribution in [-0.4, -0.2) is 31.7 Å². The van der Waals surface area contributed by atoms with Gasteiger partial charge in [-0.05, 0) is 29.0 Å². The van der Waals surface area contributed by atoms with Gasteiger partial charge in [-0.1, -0.05) is 12.1 Å². The van der Waals surface area contributed by atoms with E-state index in [1.165, 1.54) is 12.1 Å². The number of aromatic nitrogens is 4. The molecule has 2 N–H and O–H groups in total. The van der Waals surface area contributed by atoms with E-state index in [4.69, 9.17) is 5.73 Å². The van der Waals surface area contributed by atoms with Crippen LogP contribution in [0.1, 0.15) is 17.8 Å². The topological polar surface area (TPSA) is 113 Å². The van der Waals surface area contributed by atoms with Crippen molar-refractivity contribution in [3.63, 3.8) is 0 Å². The molecule has 0 unspecified atom stereocenters. The first-order valence-electron chi connectivity index (χ1n) is 5.89. The van der Waals surface area contributed by atoms with Crippen LogP contribution in [0, 0.1) is 10.1 Å². The Kier molecular flexibility index (Phi) is 4.14. The number of hydrogen-bond acceptors (Lipinski definition) is 6. The lowest BCUT2D eigenvalue weighted by Crippen LogP contribution is -2.10. The zero-order valence-electron chi connectivity index (χ0n) is 10.3. The van der Waals surface area contributed by atoms with Crippen LogP contribution in [0.3, 0.4) is 0 Å². The molecule has 0 saturated heterocycles. The molecule has 2 aromatic rings. The van der Waals surface area contributed by atoms with Crippen LogP contribution in [0.5, 0.6) is 0 Å². The minimum Gasteiger partial charge on any atom is -0.330 e. The highest BCUT2D eigenvalue weighted by atomic mass is 16.6. The van der Waals surface area contributed by atoms with Gasteiger partial charge in [-0.25, -0.2) is 4.68 Å². The molecule has 0 aliphatic rings. The Hall–Kier alpha value is -2.35. The van der Waals surface area contributed by atoms with Gasteiger partial charge in [0.25, 0.3) is 5.69 Å². The van der Waals surface area contributed by atoms with Gasteiger partial charge in [0.15, 0.2) is 5.82 Å². The molecule has 100 valence electrons. The molecule has 0 aliphatic heterocycles. The van der Waals surface area contributed by atoms with E-state index in [2.05, 4.69) is 15.5 Å². The van der Waals surface area contributed by atoms with Crippen molar-refractivity contribution >= 4 is 5.69 Å². The third-order valence-electron chi connectivity index (χ3n) is 2.69. The van der Waals surface area contributed by atoms with Crippen molar-refractivity contribution in [2.75, 3.05) is 6.54 Å². The first-order chi connectivity index (χ1) is 9.20. The second-order valence-electron chi connectivity index (χ2n) is 4.06. The van der Waals surface area contributed by atoms with Crippen molar-refractivity contribution < 1.29 is 4.92 Å². The molecule has 8 nitrogen and oxygen atoms in total. The molecular formula is C11H14N6O2. The van der Waals surface area contributed by atoms with E-state index in [1.807, 2.05) is 0 Å². The average molecular weight is 262 g/mol. The summed E-state index contributed by atoms with van der Waals surface area (Å²) >= 11 is 0. The number of hydrogen-bond donors (Lipinski definition) is 1. The van der Waals surface area contributed by atoms with Crippen molar-refractivity contribution in [1.82, 2.24) is 20.2 Å². The molecule has 2 rings (SSSR count). The average Bonchev–Trinajstić information content (AvgIpc) is 2.84. The monoisotopic (exact) mass is 262 g/mol. The fourth-order valence-electron chi connectivity index (χ4n) is 1.68. The predicted octanol–water partition coefficient (Wildman–Crippen LogP) is 0.521. The first kappa shape index (κ1) is 13.1. The molecule has 8 heteroatoms. The highest BCUT2D eigenvalue weighted by molar-refractivity contribution is 5.33. The summed E-state index contributed by atoms with van der Waals surface area (Å²) in [6, 6.07) is 6.37. The number of rotatable bonds is 6. The van der Waals surface area contributed by atoms with E-state index in [-0.39, 0.29) is 5.69 Å². The molecular weight excluding hydrogens is 248 g/mol. The maximum Gasteiger partial charge on any atom is 0.269 e. The number of nitrogens with two attached hydrogens (primary N) is 1. The summed E-state index contributed by atoms with van der Waals surface area (Å²) in [6.07, 6.45) is 1.34. The van der Waals surface area contributed by atoms with Crippen molar-refractivity contribution in [3.8, 4) is 0 Å². The number of tetrazole rings is 1. The molecule has 0 atom stereocenters. The third-order valence-corrected chi connectivity index (χ3v) is 2.69. The second-order valence-corrected chi connectivity index (χ2v) is 4.06. The van der Waals surface area contributed by atoms with E-state index in [0.717, 1.165) is 17.8 Å². The van der Waals surface area contributed by atoms with Gasteiger partial charge in [-0.2, -0.15) is 0 Å². The fraction of sp³-hybridized carbons (Fsp3) is 0.364. The van der Waals surface area contributed by atoms with Gasteiger partial charge in [-0.3, -0.25) is 10.1 Å². The van der Waals surface area contributed by atoms with Crippen LogP contribution in [0.2, 0.25) is 0 Å². The van der Waals surface area contributed by atoms with E-state index in [0.29, 0.717) is 19.5 Å². The Labute approximate surface area is 109 Å². The van der Waals surface area contributed by atoms with E-state index in [9.17, 15) is 10.1 Å². The Morgan fingerprint density at radius 2 is 2.05 bits per heavy atom. The van der Waals surface area contributed by atoms with Gasteiger partial charge in [0.1, 0.15) is 0 Å². The molecule has 1 aromatic carbocycles. The van der Waals surface area contributed by atoms with Gasteiger partial charge in [0.05, 0.1) is 4.92 Å². The Morgan fingerprint density at radius 3 is 2.68 bits per heavy atom. The van der Waals surface area contributed by atoms with Crippen LogP contribution < -0.4 is 5.73 Å². The van der Waals surface area contributed by atoms with Gasteiger partial charge in [0.2, 0.25) is 0 Å². The number of non-ortho nitro benzene ring substituents is 1. The van der Waals surface area contributed by atoms with Crippen LogP contribution in [-0.2, 0) is 13.0 Å². The van der Waals surface area contributed by atoms with E-state index >= 15 is 0 Å². The SMILES string of the molecule is NCCCn1nnnc1Cc1ccc([N+](=O)[O-])cc1. The summed E-state index contributed by atoms with van der Waals surface area (Å²) < 4.78 is 1.70. The molecule has 0 aliphatic carbocycles. The molecule has 0 amide bonds. The number of benzene rings is 1. The smallest absolute Gasteiger partial charge is 0.269 e.